The van der Waals surface area contributed by atoms with Gasteiger partial charge in [0.15, 0.2) is 0 Å². The second-order valence-electron chi connectivity index (χ2n) is 7.54. The van der Waals surface area contributed by atoms with Crippen molar-refractivity contribution in [1.29, 1.82) is 0 Å². The molecule has 0 bridgehead atoms. The number of amides is 1. The molecule has 5 heteroatoms. The Kier molecular flexibility index (Phi) is 4.78. The van der Waals surface area contributed by atoms with Crippen LogP contribution in [-0.4, -0.2) is 41.8 Å². The maximum absolute atomic E-state index is 12.5. The fraction of sp³-hybridized carbons (Fsp3) is 0.611. The van der Waals surface area contributed by atoms with E-state index in [4.69, 9.17) is 10.5 Å². The Morgan fingerprint density at radius 1 is 1.22 bits per heavy atom. The van der Waals surface area contributed by atoms with Gasteiger partial charge in [0.2, 0.25) is 0 Å². The number of anilines is 2. The molecule has 1 fully saturated rings. The highest BCUT2D eigenvalue weighted by Crippen LogP contribution is 2.27. The Morgan fingerprint density at radius 2 is 1.78 bits per heavy atom. The molecule has 1 aromatic rings. The van der Waals surface area contributed by atoms with Gasteiger partial charge in [-0.25, -0.2) is 4.79 Å². The van der Waals surface area contributed by atoms with Crippen molar-refractivity contribution in [3.63, 3.8) is 0 Å². The second kappa shape index (κ2) is 6.30. The van der Waals surface area contributed by atoms with Gasteiger partial charge in [-0.05, 0) is 65.3 Å². The maximum atomic E-state index is 12.5. The van der Waals surface area contributed by atoms with Crippen molar-refractivity contribution in [2.45, 2.75) is 59.2 Å². The molecule has 1 aliphatic heterocycles. The summed E-state index contributed by atoms with van der Waals surface area (Å²) >= 11 is 0. The molecule has 1 amide bonds. The van der Waals surface area contributed by atoms with Crippen LogP contribution < -0.4 is 10.6 Å². The summed E-state index contributed by atoms with van der Waals surface area (Å²) in [4.78, 5) is 16.6. The van der Waals surface area contributed by atoms with Crippen molar-refractivity contribution >= 4 is 17.5 Å². The predicted octanol–water partition coefficient (Wildman–Crippen LogP) is 3.41. The lowest BCUT2D eigenvalue weighted by molar-refractivity contribution is 0.00566. The molecule has 0 spiro atoms. The smallest absolute Gasteiger partial charge is 0.410 e. The van der Waals surface area contributed by atoms with E-state index in [1.807, 2.05) is 37.8 Å². The highest BCUT2D eigenvalue weighted by molar-refractivity contribution is 5.70. The molecule has 1 aliphatic rings. The molecular formula is C18H29N3O2. The Bertz CT molecular complexity index is 568. The van der Waals surface area contributed by atoms with Crippen LogP contribution >= 0.6 is 0 Å². The van der Waals surface area contributed by atoms with E-state index in [9.17, 15) is 4.79 Å². The van der Waals surface area contributed by atoms with E-state index in [0.717, 1.165) is 24.3 Å². The third kappa shape index (κ3) is 4.09. The first-order valence-corrected chi connectivity index (χ1v) is 8.21. The van der Waals surface area contributed by atoms with Crippen LogP contribution in [0, 0.1) is 6.92 Å². The summed E-state index contributed by atoms with van der Waals surface area (Å²) in [5.41, 5.74) is 8.50. The van der Waals surface area contributed by atoms with Crippen molar-refractivity contribution in [2.75, 3.05) is 23.7 Å². The fourth-order valence-corrected chi connectivity index (χ4v) is 3.23. The number of carbonyl (C=O) groups is 1. The SMILES string of the molecule is Cc1cc(N)ccc1N1C[C@@H](C)N(C(=O)OC(C)(C)C)[C@@H](C)C1. The van der Waals surface area contributed by atoms with Crippen LogP contribution in [0.3, 0.4) is 0 Å². The van der Waals surface area contributed by atoms with Gasteiger partial charge in [0.05, 0.1) is 12.1 Å². The van der Waals surface area contributed by atoms with Gasteiger partial charge < -0.3 is 15.4 Å². The third-order valence-corrected chi connectivity index (χ3v) is 4.08. The zero-order valence-corrected chi connectivity index (χ0v) is 15.1. The average molecular weight is 319 g/mol. The summed E-state index contributed by atoms with van der Waals surface area (Å²) in [5, 5.41) is 0. The Labute approximate surface area is 139 Å². The highest BCUT2D eigenvalue weighted by Gasteiger charge is 2.35. The van der Waals surface area contributed by atoms with Crippen molar-refractivity contribution in [2.24, 2.45) is 0 Å². The quantitative estimate of drug-likeness (QED) is 0.806. The zero-order chi connectivity index (χ0) is 17.4. The van der Waals surface area contributed by atoms with Gasteiger partial charge in [0.1, 0.15) is 5.60 Å². The van der Waals surface area contributed by atoms with Crippen LogP contribution in [0.4, 0.5) is 16.2 Å². The van der Waals surface area contributed by atoms with Crippen molar-refractivity contribution in [3.8, 4) is 0 Å². The molecule has 0 aromatic heterocycles. The van der Waals surface area contributed by atoms with Crippen molar-refractivity contribution in [3.05, 3.63) is 23.8 Å². The highest BCUT2D eigenvalue weighted by atomic mass is 16.6. The van der Waals surface area contributed by atoms with Crippen LogP contribution in [0.15, 0.2) is 18.2 Å². The van der Waals surface area contributed by atoms with Gasteiger partial charge in [0, 0.05) is 24.5 Å². The summed E-state index contributed by atoms with van der Waals surface area (Å²) in [6.07, 6.45) is -0.230. The molecule has 0 aliphatic carbocycles. The molecule has 2 rings (SSSR count). The number of hydrogen-bond donors (Lipinski definition) is 1. The number of rotatable bonds is 1. The first-order valence-electron chi connectivity index (χ1n) is 8.21. The van der Waals surface area contributed by atoms with Gasteiger partial charge in [-0.3, -0.25) is 4.90 Å². The largest absolute Gasteiger partial charge is 0.444 e. The van der Waals surface area contributed by atoms with E-state index in [2.05, 4.69) is 31.7 Å². The number of hydrogen-bond acceptors (Lipinski definition) is 4. The topological polar surface area (TPSA) is 58.8 Å². The number of piperazine rings is 1. The lowest BCUT2D eigenvalue weighted by Crippen LogP contribution is -2.59. The van der Waals surface area contributed by atoms with E-state index < -0.39 is 5.60 Å². The third-order valence-electron chi connectivity index (χ3n) is 4.08. The second-order valence-corrected chi connectivity index (χ2v) is 7.54. The van der Waals surface area contributed by atoms with E-state index in [-0.39, 0.29) is 18.2 Å². The summed E-state index contributed by atoms with van der Waals surface area (Å²) in [7, 11) is 0. The minimum atomic E-state index is -0.471. The number of nitrogens with zero attached hydrogens (tertiary/aromatic N) is 2. The van der Waals surface area contributed by atoms with Crippen molar-refractivity contribution in [1.82, 2.24) is 4.90 Å². The summed E-state index contributed by atoms with van der Waals surface area (Å²) in [6.45, 7) is 13.5. The van der Waals surface area contributed by atoms with Gasteiger partial charge in [-0.15, -0.1) is 0 Å². The molecule has 2 atom stereocenters. The lowest BCUT2D eigenvalue weighted by Gasteiger charge is -2.45. The molecule has 0 radical (unpaired) electrons. The standard InChI is InChI=1S/C18H29N3O2/c1-12-9-15(19)7-8-16(12)20-10-13(2)21(14(3)11-20)17(22)23-18(4,5)6/h7-9,13-14H,10-11,19H2,1-6H3/t13-,14+. The number of carbonyl (C=O) groups excluding carboxylic acids is 1. The van der Waals surface area contributed by atoms with E-state index in [0.29, 0.717) is 0 Å². The summed E-state index contributed by atoms with van der Waals surface area (Å²) < 4.78 is 5.55. The van der Waals surface area contributed by atoms with Crippen LogP contribution in [0.5, 0.6) is 0 Å². The molecule has 2 N–H and O–H groups in total. The zero-order valence-electron chi connectivity index (χ0n) is 15.1. The molecule has 1 aromatic carbocycles. The fourth-order valence-electron chi connectivity index (χ4n) is 3.23. The number of benzene rings is 1. The molecule has 23 heavy (non-hydrogen) atoms. The van der Waals surface area contributed by atoms with Crippen molar-refractivity contribution < 1.29 is 9.53 Å². The molecule has 1 heterocycles. The Hall–Kier alpha value is -1.91. The first kappa shape index (κ1) is 17.4. The molecule has 1 saturated heterocycles. The lowest BCUT2D eigenvalue weighted by atomic mass is 10.1. The van der Waals surface area contributed by atoms with Crippen LogP contribution in [-0.2, 0) is 4.74 Å². The molecule has 0 unspecified atom stereocenters. The number of nitrogen functional groups attached to an aromatic ring is 1. The summed E-state index contributed by atoms with van der Waals surface area (Å²) in [6, 6.07) is 6.16. The Balaban J connectivity index is 2.14. The molecule has 0 saturated carbocycles. The first-order chi connectivity index (χ1) is 10.6. The van der Waals surface area contributed by atoms with Gasteiger partial charge in [0.25, 0.3) is 0 Å². The summed E-state index contributed by atoms with van der Waals surface area (Å²) in [5.74, 6) is 0. The van der Waals surface area contributed by atoms with Crippen LogP contribution in [0.2, 0.25) is 0 Å². The van der Waals surface area contributed by atoms with E-state index in [1.165, 1.54) is 5.69 Å². The predicted molar refractivity (Wildman–Crippen MR) is 94.8 cm³/mol. The average Bonchev–Trinajstić information content (AvgIpc) is 2.35. The van der Waals surface area contributed by atoms with Crippen LogP contribution in [0.25, 0.3) is 0 Å². The minimum Gasteiger partial charge on any atom is -0.444 e. The van der Waals surface area contributed by atoms with Crippen LogP contribution in [0.1, 0.15) is 40.2 Å². The van der Waals surface area contributed by atoms with Gasteiger partial charge in [-0.1, -0.05) is 0 Å². The number of nitrogens with two attached hydrogens (primary N) is 1. The number of ether oxygens (including phenoxy) is 1. The van der Waals surface area contributed by atoms with E-state index in [1.54, 1.807) is 0 Å². The molecule has 5 nitrogen and oxygen atoms in total. The molecular weight excluding hydrogens is 290 g/mol. The molecule has 128 valence electrons. The number of aryl methyl sites for hydroxylation is 1. The monoisotopic (exact) mass is 319 g/mol. The Morgan fingerprint density at radius 3 is 2.26 bits per heavy atom. The van der Waals surface area contributed by atoms with Gasteiger partial charge >= 0.3 is 6.09 Å². The normalized spacial score (nSPS) is 22.2. The maximum Gasteiger partial charge on any atom is 0.410 e. The minimum absolute atomic E-state index is 0.0885. The van der Waals surface area contributed by atoms with E-state index >= 15 is 0 Å². The van der Waals surface area contributed by atoms with Gasteiger partial charge in [-0.2, -0.15) is 0 Å².